The molecule has 1 unspecified atom stereocenters. The Kier molecular flexibility index (Phi) is 4.32. The molecule has 0 aromatic heterocycles. The fraction of sp³-hybridized carbons (Fsp3) is 0.909. The van der Waals surface area contributed by atoms with Gasteiger partial charge in [-0.1, -0.05) is 12.8 Å². The average Bonchev–Trinajstić information content (AvgIpc) is 2.58. The molecule has 2 heterocycles. The predicted octanol–water partition coefficient (Wildman–Crippen LogP) is 1.09. The Morgan fingerprint density at radius 1 is 1.20 bits per heavy atom. The number of nitrogens with one attached hydrogen (secondary N) is 1. The van der Waals surface area contributed by atoms with Gasteiger partial charge in [0, 0.05) is 24.6 Å². The first-order valence-corrected chi connectivity index (χ1v) is 7.13. The minimum absolute atomic E-state index is 0.107. The van der Waals surface area contributed by atoms with Crippen molar-refractivity contribution in [2.75, 3.05) is 31.1 Å². The van der Waals surface area contributed by atoms with Crippen molar-refractivity contribution in [3.8, 4) is 0 Å². The highest BCUT2D eigenvalue weighted by molar-refractivity contribution is 7.99. The second kappa shape index (κ2) is 5.75. The number of carbonyl (C=O) groups is 1. The van der Waals surface area contributed by atoms with Crippen LogP contribution in [0.1, 0.15) is 25.7 Å². The Labute approximate surface area is 96.0 Å². The number of rotatable bonds is 1. The van der Waals surface area contributed by atoms with E-state index in [4.69, 9.17) is 0 Å². The molecule has 0 aliphatic carbocycles. The van der Waals surface area contributed by atoms with E-state index in [9.17, 15) is 4.79 Å². The van der Waals surface area contributed by atoms with Crippen LogP contribution in [0.3, 0.4) is 0 Å². The number of nitrogens with zero attached hydrogens (tertiary/aromatic N) is 1. The van der Waals surface area contributed by atoms with Crippen molar-refractivity contribution in [2.45, 2.75) is 31.7 Å². The SMILES string of the molecule is O=C(C1CCCCCN1)N1CCSCC1. The molecule has 4 heteroatoms. The van der Waals surface area contributed by atoms with Crippen LogP contribution in [0.4, 0.5) is 0 Å². The lowest BCUT2D eigenvalue weighted by molar-refractivity contribution is -0.133. The van der Waals surface area contributed by atoms with Gasteiger partial charge in [-0.15, -0.1) is 0 Å². The Balaban J connectivity index is 1.87. The standard InChI is InChI=1S/C11H20N2OS/c14-11(13-6-8-15-9-7-13)10-4-2-1-3-5-12-10/h10,12H,1-9H2. The van der Waals surface area contributed by atoms with Crippen molar-refractivity contribution in [3.05, 3.63) is 0 Å². The zero-order valence-electron chi connectivity index (χ0n) is 9.21. The molecular formula is C11H20N2OS. The Bertz CT molecular complexity index is 209. The molecule has 2 aliphatic rings. The first kappa shape index (κ1) is 11.3. The third-order valence-corrected chi connectivity index (χ3v) is 4.12. The van der Waals surface area contributed by atoms with Crippen LogP contribution in [0.15, 0.2) is 0 Å². The third-order valence-electron chi connectivity index (χ3n) is 3.18. The summed E-state index contributed by atoms with van der Waals surface area (Å²) >= 11 is 1.95. The van der Waals surface area contributed by atoms with Crippen molar-refractivity contribution in [1.82, 2.24) is 10.2 Å². The van der Waals surface area contributed by atoms with Gasteiger partial charge in [0.2, 0.25) is 5.91 Å². The molecule has 0 bridgehead atoms. The van der Waals surface area contributed by atoms with E-state index in [0.29, 0.717) is 5.91 Å². The molecule has 86 valence electrons. The summed E-state index contributed by atoms with van der Waals surface area (Å²) < 4.78 is 0. The molecule has 1 atom stereocenters. The van der Waals surface area contributed by atoms with E-state index in [-0.39, 0.29) is 6.04 Å². The summed E-state index contributed by atoms with van der Waals surface area (Å²) in [5.74, 6) is 2.56. The topological polar surface area (TPSA) is 32.3 Å². The lowest BCUT2D eigenvalue weighted by atomic mass is 10.1. The van der Waals surface area contributed by atoms with Gasteiger partial charge < -0.3 is 10.2 Å². The zero-order valence-corrected chi connectivity index (χ0v) is 10.0. The molecule has 2 rings (SSSR count). The summed E-state index contributed by atoms with van der Waals surface area (Å²) in [6.45, 7) is 2.91. The maximum Gasteiger partial charge on any atom is 0.239 e. The van der Waals surface area contributed by atoms with Crippen LogP contribution in [0.25, 0.3) is 0 Å². The summed E-state index contributed by atoms with van der Waals surface area (Å²) in [6, 6.07) is 0.107. The summed E-state index contributed by atoms with van der Waals surface area (Å²) in [5, 5.41) is 3.38. The minimum atomic E-state index is 0.107. The molecule has 2 aliphatic heterocycles. The van der Waals surface area contributed by atoms with Crippen LogP contribution < -0.4 is 5.32 Å². The monoisotopic (exact) mass is 228 g/mol. The molecule has 1 N–H and O–H groups in total. The normalized spacial score (nSPS) is 28.5. The molecule has 3 nitrogen and oxygen atoms in total. The fourth-order valence-corrected chi connectivity index (χ4v) is 3.15. The smallest absolute Gasteiger partial charge is 0.239 e. The van der Waals surface area contributed by atoms with E-state index in [1.165, 1.54) is 19.3 Å². The van der Waals surface area contributed by atoms with Crippen molar-refractivity contribution >= 4 is 17.7 Å². The quantitative estimate of drug-likeness (QED) is 0.729. The van der Waals surface area contributed by atoms with Crippen molar-refractivity contribution in [3.63, 3.8) is 0 Å². The number of hydrogen-bond acceptors (Lipinski definition) is 3. The van der Waals surface area contributed by atoms with Crippen LogP contribution in [0, 0.1) is 0 Å². The van der Waals surface area contributed by atoms with Gasteiger partial charge in [-0.05, 0) is 19.4 Å². The van der Waals surface area contributed by atoms with Crippen LogP contribution in [-0.4, -0.2) is 48.0 Å². The highest BCUT2D eigenvalue weighted by Crippen LogP contribution is 2.14. The molecule has 2 fully saturated rings. The van der Waals surface area contributed by atoms with Crippen molar-refractivity contribution < 1.29 is 4.79 Å². The largest absolute Gasteiger partial charge is 0.340 e. The molecule has 0 saturated carbocycles. The van der Waals surface area contributed by atoms with Gasteiger partial charge in [0.15, 0.2) is 0 Å². The van der Waals surface area contributed by atoms with Gasteiger partial charge in [-0.25, -0.2) is 0 Å². The van der Waals surface area contributed by atoms with Crippen LogP contribution in [0.5, 0.6) is 0 Å². The lowest BCUT2D eigenvalue weighted by Crippen LogP contribution is -2.48. The van der Waals surface area contributed by atoms with E-state index < -0.39 is 0 Å². The third kappa shape index (κ3) is 3.11. The van der Waals surface area contributed by atoms with E-state index in [2.05, 4.69) is 5.32 Å². The second-order valence-corrected chi connectivity index (χ2v) is 5.52. The van der Waals surface area contributed by atoms with E-state index in [1.807, 2.05) is 16.7 Å². The molecule has 0 spiro atoms. The van der Waals surface area contributed by atoms with Gasteiger partial charge in [-0.2, -0.15) is 11.8 Å². The number of thioether (sulfide) groups is 1. The summed E-state index contributed by atoms with van der Waals surface area (Å²) in [7, 11) is 0. The van der Waals surface area contributed by atoms with E-state index in [1.54, 1.807) is 0 Å². The molecule has 0 aromatic rings. The molecule has 0 aromatic carbocycles. The summed E-state index contributed by atoms with van der Waals surface area (Å²) in [6.07, 6.45) is 4.72. The van der Waals surface area contributed by atoms with Crippen molar-refractivity contribution in [1.29, 1.82) is 0 Å². The lowest BCUT2D eigenvalue weighted by Gasteiger charge is -2.30. The first-order chi connectivity index (χ1) is 7.38. The Morgan fingerprint density at radius 2 is 2.00 bits per heavy atom. The van der Waals surface area contributed by atoms with Crippen molar-refractivity contribution in [2.24, 2.45) is 0 Å². The maximum absolute atomic E-state index is 12.2. The van der Waals surface area contributed by atoms with E-state index >= 15 is 0 Å². The first-order valence-electron chi connectivity index (χ1n) is 5.98. The maximum atomic E-state index is 12.2. The van der Waals surface area contributed by atoms with Gasteiger partial charge in [0.05, 0.1) is 6.04 Å². The Morgan fingerprint density at radius 3 is 2.80 bits per heavy atom. The number of hydrogen-bond donors (Lipinski definition) is 1. The molecule has 0 radical (unpaired) electrons. The van der Waals surface area contributed by atoms with Gasteiger partial charge in [0.25, 0.3) is 0 Å². The molecule has 15 heavy (non-hydrogen) atoms. The van der Waals surface area contributed by atoms with Gasteiger partial charge in [0.1, 0.15) is 0 Å². The minimum Gasteiger partial charge on any atom is -0.340 e. The predicted molar refractivity (Wildman–Crippen MR) is 64.2 cm³/mol. The van der Waals surface area contributed by atoms with E-state index in [0.717, 1.165) is 37.6 Å². The summed E-state index contributed by atoms with van der Waals surface area (Å²) in [5.41, 5.74) is 0. The number of carbonyl (C=O) groups excluding carboxylic acids is 1. The van der Waals surface area contributed by atoms with Gasteiger partial charge in [-0.3, -0.25) is 4.79 Å². The van der Waals surface area contributed by atoms with Crippen LogP contribution >= 0.6 is 11.8 Å². The molecular weight excluding hydrogens is 208 g/mol. The van der Waals surface area contributed by atoms with Crippen LogP contribution in [-0.2, 0) is 4.79 Å². The highest BCUT2D eigenvalue weighted by atomic mass is 32.2. The zero-order chi connectivity index (χ0) is 10.5. The average molecular weight is 228 g/mol. The second-order valence-electron chi connectivity index (χ2n) is 4.29. The molecule has 2 saturated heterocycles. The van der Waals surface area contributed by atoms with Crippen LogP contribution in [0.2, 0.25) is 0 Å². The highest BCUT2D eigenvalue weighted by Gasteiger charge is 2.25. The fourth-order valence-electron chi connectivity index (χ4n) is 2.24. The molecule has 1 amide bonds. The Hall–Kier alpha value is -0.220. The van der Waals surface area contributed by atoms with Gasteiger partial charge >= 0.3 is 0 Å². The summed E-state index contributed by atoms with van der Waals surface area (Å²) in [4.78, 5) is 14.2. The number of amides is 1.